The fourth-order valence-electron chi connectivity index (χ4n) is 3.16. The fourth-order valence-corrected chi connectivity index (χ4v) is 3.16. The molecule has 120 valence electrons. The van der Waals surface area contributed by atoms with Crippen LogP contribution in [-0.4, -0.2) is 47.3 Å². The third kappa shape index (κ3) is 2.79. The zero-order valence-corrected chi connectivity index (χ0v) is 13.7. The lowest BCUT2D eigenvalue weighted by molar-refractivity contribution is 0.325. The Morgan fingerprint density at radius 1 is 1.23 bits per heavy atom. The van der Waals surface area contributed by atoms with Crippen molar-refractivity contribution in [3.05, 3.63) is 26.4 Å². The van der Waals surface area contributed by atoms with E-state index < -0.39 is 11.2 Å². The van der Waals surface area contributed by atoms with Crippen molar-refractivity contribution in [2.24, 2.45) is 14.1 Å². The Morgan fingerprint density at radius 3 is 2.50 bits per heavy atom. The van der Waals surface area contributed by atoms with Crippen molar-refractivity contribution in [1.29, 1.82) is 5.26 Å². The van der Waals surface area contributed by atoms with Gasteiger partial charge in [-0.1, -0.05) is 0 Å². The molecular formula is C15H23N5O2. The highest BCUT2D eigenvalue weighted by molar-refractivity contribution is 5.54. The summed E-state index contributed by atoms with van der Waals surface area (Å²) in [5, 5.41) is 9.42. The van der Waals surface area contributed by atoms with Gasteiger partial charge in [-0.15, -0.1) is 0 Å². The van der Waals surface area contributed by atoms with Gasteiger partial charge in [0.2, 0.25) is 0 Å². The molecule has 2 rings (SSSR count). The van der Waals surface area contributed by atoms with E-state index in [0.29, 0.717) is 5.82 Å². The summed E-state index contributed by atoms with van der Waals surface area (Å²) in [5.74, 6) is 0.460. The van der Waals surface area contributed by atoms with Gasteiger partial charge in [-0.3, -0.25) is 13.9 Å². The number of likely N-dealkylation sites (N-methyl/N-ethyl adjacent to an activating group) is 1. The molecule has 0 aromatic carbocycles. The molecule has 1 aromatic rings. The number of aromatic nitrogens is 2. The van der Waals surface area contributed by atoms with E-state index in [1.54, 1.807) is 7.05 Å². The molecule has 0 radical (unpaired) electrons. The largest absolute Gasteiger partial charge is 0.352 e. The average molecular weight is 305 g/mol. The van der Waals surface area contributed by atoms with Crippen LogP contribution >= 0.6 is 0 Å². The molecule has 0 bridgehead atoms. The van der Waals surface area contributed by atoms with Crippen molar-refractivity contribution in [3.8, 4) is 6.07 Å². The first-order valence-corrected chi connectivity index (χ1v) is 7.50. The number of hydrogen-bond donors (Lipinski definition) is 0. The van der Waals surface area contributed by atoms with Gasteiger partial charge in [-0.25, -0.2) is 4.79 Å². The monoisotopic (exact) mass is 305 g/mol. The maximum atomic E-state index is 12.3. The van der Waals surface area contributed by atoms with E-state index in [1.165, 1.54) is 11.6 Å². The molecule has 1 aromatic heterocycles. The molecule has 0 amide bonds. The Morgan fingerprint density at radius 2 is 1.91 bits per heavy atom. The Hall–Kier alpha value is -2.07. The van der Waals surface area contributed by atoms with Gasteiger partial charge in [0.1, 0.15) is 11.9 Å². The molecular weight excluding hydrogens is 282 g/mol. The quantitative estimate of drug-likeness (QED) is 0.778. The zero-order valence-electron chi connectivity index (χ0n) is 13.7. The fraction of sp³-hybridized carbons (Fsp3) is 0.667. The summed E-state index contributed by atoms with van der Waals surface area (Å²) in [6.45, 7) is 1.59. The topological polar surface area (TPSA) is 74.3 Å². The highest BCUT2D eigenvalue weighted by Gasteiger charge is 2.29. The van der Waals surface area contributed by atoms with Gasteiger partial charge in [0.05, 0.1) is 0 Å². The molecule has 1 saturated heterocycles. The first-order chi connectivity index (χ1) is 10.4. The maximum Gasteiger partial charge on any atom is 0.332 e. The van der Waals surface area contributed by atoms with Gasteiger partial charge in [-0.05, 0) is 33.4 Å². The lowest BCUT2D eigenvalue weighted by Gasteiger charge is -2.39. The molecule has 1 aliphatic heterocycles. The zero-order chi connectivity index (χ0) is 16.4. The summed E-state index contributed by atoms with van der Waals surface area (Å²) in [7, 11) is 7.03. The number of nitriles is 1. The van der Waals surface area contributed by atoms with E-state index in [1.807, 2.05) is 20.2 Å². The van der Waals surface area contributed by atoms with E-state index in [0.717, 1.165) is 36.9 Å². The minimum Gasteiger partial charge on any atom is -0.352 e. The summed E-state index contributed by atoms with van der Waals surface area (Å²) >= 11 is 0. The molecule has 7 heteroatoms. The molecule has 22 heavy (non-hydrogen) atoms. The van der Waals surface area contributed by atoms with Gasteiger partial charge in [0.15, 0.2) is 5.56 Å². The smallest absolute Gasteiger partial charge is 0.332 e. The normalized spacial score (nSPS) is 18.5. The van der Waals surface area contributed by atoms with E-state index in [2.05, 4.69) is 9.80 Å². The van der Waals surface area contributed by atoms with Crippen molar-refractivity contribution < 1.29 is 0 Å². The number of hydrogen-bond acceptors (Lipinski definition) is 5. The van der Waals surface area contributed by atoms with Crippen LogP contribution in [-0.2, 0) is 14.1 Å². The SMILES string of the molecule is CN(C)CC1CCCCN1c1c(C#N)c(=O)n(C)c(=O)n1C. The number of piperidine rings is 1. The Labute approximate surface area is 130 Å². The predicted molar refractivity (Wildman–Crippen MR) is 85.2 cm³/mol. The van der Waals surface area contributed by atoms with Crippen LogP contribution in [0.15, 0.2) is 9.59 Å². The molecule has 7 nitrogen and oxygen atoms in total. The number of nitrogens with zero attached hydrogens (tertiary/aromatic N) is 5. The van der Waals surface area contributed by atoms with Crippen LogP contribution < -0.4 is 16.1 Å². The van der Waals surface area contributed by atoms with Crippen LogP contribution in [0.3, 0.4) is 0 Å². The molecule has 1 atom stereocenters. The van der Waals surface area contributed by atoms with Crippen LogP contribution in [0.5, 0.6) is 0 Å². The van der Waals surface area contributed by atoms with Gasteiger partial charge >= 0.3 is 5.69 Å². The third-order valence-electron chi connectivity index (χ3n) is 4.22. The van der Waals surface area contributed by atoms with Crippen LogP contribution in [0.2, 0.25) is 0 Å². The second-order valence-corrected chi connectivity index (χ2v) is 6.12. The van der Waals surface area contributed by atoms with Crippen molar-refractivity contribution in [1.82, 2.24) is 14.0 Å². The van der Waals surface area contributed by atoms with Crippen LogP contribution in [0.4, 0.5) is 5.82 Å². The van der Waals surface area contributed by atoms with E-state index in [4.69, 9.17) is 0 Å². The second-order valence-electron chi connectivity index (χ2n) is 6.12. The van der Waals surface area contributed by atoms with Crippen molar-refractivity contribution in [2.45, 2.75) is 25.3 Å². The average Bonchev–Trinajstić information content (AvgIpc) is 2.49. The lowest BCUT2D eigenvalue weighted by atomic mass is 10.0. The molecule has 1 fully saturated rings. The van der Waals surface area contributed by atoms with E-state index in [-0.39, 0.29) is 11.6 Å². The molecule has 0 aliphatic carbocycles. The number of anilines is 1. The van der Waals surface area contributed by atoms with Crippen molar-refractivity contribution in [2.75, 3.05) is 32.1 Å². The Balaban J connectivity index is 2.62. The molecule has 0 N–H and O–H groups in total. The molecule has 1 aliphatic rings. The standard InChI is InChI=1S/C15H23N5O2/c1-17(2)10-11-7-5-6-8-20(11)13-12(9-16)14(21)19(4)15(22)18(13)3/h11H,5-8,10H2,1-4H3. The predicted octanol–water partition coefficient (Wildman–Crippen LogP) is -0.124. The van der Waals surface area contributed by atoms with Gasteiger partial charge in [-0.2, -0.15) is 5.26 Å². The second kappa shape index (κ2) is 6.36. The van der Waals surface area contributed by atoms with Crippen LogP contribution in [0, 0.1) is 11.3 Å². The van der Waals surface area contributed by atoms with Gasteiger partial charge in [0, 0.05) is 33.2 Å². The van der Waals surface area contributed by atoms with E-state index in [9.17, 15) is 14.9 Å². The van der Waals surface area contributed by atoms with Crippen LogP contribution in [0.25, 0.3) is 0 Å². The third-order valence-corrected chi connectivity index (χ3v) is 4.22. The minimum atomic E-state index is -0.519. The molecule has 0 saturated carbocycles. The molecule has 0 spiro atoms. The Kier molecular flexibility index (Phi) is 4.71. The summed E-state index contributed by atoms with van der Waals surface area (Å²) in [4.78, 5) is 28.6. The van der Waals surface area contributed by atoms with E-state index >= 15 is 0 Å². The number of rotatable bonds is 3. The summed E-state index contributed by atoms with van der Waals surface area (Å²) in [6, 6.07) is 2.20. The first kappa shape index (κ1) is 16.3. The lowest BCUT2D eigenvalue weighted by Crippen LogP contribution is -2.50. The maximum absolute atomic E-state index is 12.3. The summed E-state index contributed by atoms with van der Waals surface area (Å²) in [5.41, 5.74) is -0.863. The summed E-state index contributed by atoms with van der Waals surface area (Å²) < 4.78 is 2.42. The van der Waals surface area contributed by atoms with Crippen LogP contribution in [0.1, 0.15) is 24.8 Å². The minimum absolute atomic E-state index is 0.0512. The Bertz CT molecular complexity index is 710. The highest BCUT2D eigenvalue weighted by Crippen LogP contribution is 2.25. The summed E-state index contributed by atoms with van der Waals surface area (Å²) in [6.07, 6.45) is 3.11. The van der Waals surface area contributed by atoms with Gasteiger partial charge in [0.25, 0.3) is 5.56 Å². The van der Waals surface area contributed by atoms with Gasteiger partial charge < -0.3 is 9.80 Å². The highest BCUT2D eigenvalue weighted by atomic mass is 16.2. The molecule has 2 heterocycles. The van der Waals surface area contributed by atoms with Crippen molar-refractivity contribution in [3.63, 3.8) is 0 Å². The first-order valence-electron chi connectivity index (χ1n) is 7.50. The molecule has 1 unspecified atom stereocenters. The van der Waals surface area contributed by atoms with Crippen molar-refractivity contribution >= 4 is 5.82 Å².